The van der Waals surface area contributed by atoms with Crippen LogP contribution in [0.2, 0.25) is 0 Å². The Morgan fingerprint density at radius 1 is 1.14 bits per heavy atom. The molecule has 0 spiro atoms. The average Bonchev–Trinajstić information content (AvgIpc) is 3.10. The third-order valence-corrected chi connectivity index (χ3v) is 6.32. The summed E-state index contributed by atoms with van der Waals surface area (Å²) in [5.41, 5.74) is 3.29. The smallest absolute Gasteiger partial charge is 0.274 e. The topological polar surface area (TPSA) is 47.4 Å². The molecule has 29 heavy (non-hydrogen) atoms. The fraction of sp³-hybridized carbons (Fsp3) is 0.304. The number of amides is 1. The van der Waals surface area contributed by atoms with E-state index in [0.717, 1.165) is 47.3 Å². The van der Waals surface area contributed by atoms with Gasteiger partial charge in [0.2, 0.25) is 0 Å². The zero-order chi connectivity index (χ0) is 20.2. The Bertz CT molecular complexity index is 970. The molecule has 0 aliphatic carbocycles. The fourth-order valence-corrected chi connectivity index (χ4v) is 4.57. The second-order valence-corrected chi connectivity index (χ2v) is 8.47. The van der Waals surface area contributed by atoms with Crippen molar-refractivity contribution in [1.82, 2.24) is 14.7 Å². The average molecular weight is 408 g/mol. The van der Waals surface area contributed by atoms with Gasteiger partial charge in [-0.25, -0.2) is 4.68 Å². The van der Waals surface area contributed by atoms with E-state index in [1.165, 1.54) is 0 Å². The van der Waals surface area contributed by atoms with Crippen LogP contribution in [0.4, 0.5) is 0 Å². The van der Waals surface area contributed by atoms with E-state index in [9.17, 15) is 4.79 Å². The highest BCUT2D eigenvalue weighted by molar-refractivity contribution is 7.99. The standard InChI is InChI=1S/C23H25N3O2S/c1-17-15-25(12-13-29-16-17)23(27)21-14-22(18-8-10-20(28-2)11-9-18)26(24-21)19-6-4-3-5-7-19/h3-11,14,17H,12-13,15-16H2,1-2H3. The summed E-state index contributed by atoms with van der Waals surface area (Å²) in [5.74, 6) is 3.36. The highest BCUT2D eigenvalue weighted by atomic mass is 32.2. The molecule has 150 valence electrons. The van der Waals surface area contributed by atoms with Gasteiger partial charge in [0, 0.05) is 24.4 Å². The van der Waals surface area contributed by atoms with Gasteiger partial charge in [-0.2, -0.15) is 16.9 Å². The number of carbonyl (C=O) groups is 1. The van der Waals surface area contributed by atoms with Gasteiger partial charge in [-0.1, -0.05) is 25.1 Å². The summed E-state index contributed by atoms with van der Waals surface area (Å²) in [7, 11) is 1.65. The van der Waals surface area contributed by atoms with Crippen LogP contribution < -0.4 is 4.74 Å². The number of hydrogen-bond acceptors (Lipinski definition) is 4. The van der Waals surface area contributed by atoms with Crippen molar-refractivity contribution >= 4 is 17.7 Å². The summed E-state index contributed by atoms with van der Waals surface area (Å²) in [6.45, 7) is 3.75. The van der Waals surface area contributed by atoms with Gasteiger partial charge >= 0.3 is 0 Å². The van der Waals surface area contributed by atoms with Crippen molar-refractivity contribution in [2.45, 2.75) is 6.92 Å². The Balaban J connectivity index is 1.73. The maximum Gasteiger partial charge on any atom is 0.274 e. The fourth-order valence-electron chi connectivity index (χ4n) is 3.54. The minimum Gasteiger partial charge on any atom is -0.497 e. The Labute approximate surface area is 175 Å². The van der Waals surface area contributed by atoms with Crippen LogP contribution >= 0.6 is 11.8 Å². The van der Waals surface area contributed by atoms with E-state index in [4.69, 9.17) is 9.84 Å². The first-order valence-corrected chi connectivity index (χ1v) is 11.0. The molecule has 2 aromatic carbocycles. The first kappa shape index (κ1) is 19.6. The third-order valence-electron chi connectivity index (χ3n) is 5.04. The number of methoxy groups -OCH3 is 1. The minimum absolute atomic E-state index is 0.00351. The van der Waals surface area contributed by atoms with Crippen LogP contribution in [0.5, 0.6) is 5.75 Å². The molecule has 0 bridgehead atoms. The molecule has 5 nitrogen and oxygen atoms in total. The Kier molecular flexibility index (Phi) is 5.90. The third kappa shape index (κ3) is 4.32. The van der Waals surface area contributed by atoms with E-state index in [1.54, 1.807) is 7.11 Å². The van der Waals surface area contributed by atoms with E-state index in [0.29, 0.717) is 11.6 Å². The largest absolute Gasteiger partial charge is 0.497 e. The maximum absolute atomic E-state index is 13.2. The lowest BCUT2D eigenvalue weighted by Crippen LogP contribution is -2.35. The molecule has 1 aliphatic rings. The van der Waals surface area contributed by atoms with E-state index < -0.39 is 0 Å². The molecule has 3 aromatic rings. The number of aromatic nitrogens is 2. The zero-order valence-electron chi connectivity index (χ0n) is 16.7. The molecular weight excluding hydrogens is 382 g/mol. The lowest BCUT2D eigenvalue weighted by atomic mass is 10.1. The molecule has 1 fully saturated rings. The van der Waals surface area contributed by atoms with Crippen molar-refractivity contribution < 1.29 is 9.53 Å². The number of ether oxygens (including phenoxy) is 1. The molecular formula is C23H25N3O2S. The van der Waals surface area contributed by atoms with Crippen molar-refractivity contribution in [2.24, 2.45) is 5.92 Å². The molecule has 1 atom stereocenters. The van der Waals surface area contributed by atoms with Crippen molar-refractivity contribution in [3.8, 4) is 22.7 Å². The van der Waals surface area contributed by atoms with Crippen LogP contribution in [0.1, 0.15) is 17.4 Å². The minimum atomic E-state index is 0.00351. The summed E-state index contributed by atoms with van der Waals surface area (Å²) in [4.78, 5) is 15.2. The molecule has 0 saturated carbocycles. The van der Waals surface area contributed by atoms with Crippen LogP contribution in [-0.4, -0.2) is 52.3 Å². The van der Waals surface area contributed by atoms with Gasteiger partial charge in [-0.05, 0) is 54.1 Å². The predicted molar refractivity (Wildman–Crippen MR) is 118 cm³/mol. The molecule has 1 saturated heterocycles. The number of hydrogen-bond donors (Lipinski definition) is 0. The summed E-state index contributed by atoms with van der Waals surface area (Å²) in [5, 5.41) is 4.72. The van der Waals surface area contributed by atoms with Crippen molar-refractivity contribution in [3.63, 3.8) is 0 Å². The quantitative estimate of drug-likeness (QED) is 0.644. The summed E-state index contributed by atoms with van der Waals surface area (Å²) in [6, 6.07) is 19.7. The second kappa shape index (κ2) is 8.74. The van der Waals surface area contributed by atoms with Gasteiger partial charge in [0.05, 0.1) is 18.5 Å². The molecule has 1 unspecified atom stereocenters. The lowest BCUT2D eigenvalue weighted by Gasteiger charge is -2.21. The number of thioether (sulfide) groups is 1. The van der Waals surface area contributed by atoms with Crippen LogP contribution in [-0.2, 0) is 0 Å². The predicted octanol–water partition coefficient (Wildman–Crippen LogP) is 4.37. The number of benzene rings is 2. The van der Waals surface area contributed by atoms with Gasteiger partial charge in [-0.3, -0.25) is 4.79 Å². The Hall–Kier alpha value is -2.73. The van der Waals surface area contributed by atoms with Crippen molar-refractivity contribution in [3.05, 3.63) is 66.4 Å². The number of rotatable bonds is 4. The van der Waals surface area contributed by atoms with Crippen LogP contribution in [0.25, 0.3) is 16.9 Å². The van der Waals surface area contributed by atoms with Crippen molar-refractivity contribution in [2.75, 3.05) is 31.7 Å². The van der Waals surface area contributed by atoms with Gasteiger partial charge in [0.25, 0.3) is 5.91 Å². The van der Waals surface area contributed by atoms with Crippen LogP contribution in [0, 0.1) is 5.92 Å². The van der Waals surface area contributed by atoms with Crippen molar-refractivity contribution in [1.29, 1.82) is 0 Å². The summed E-state index contributed by atoms with van der Waals surface area (Å²) in [6.07, 6.45) is 0. The first-order chi connectivity index (χ1) is 14.2. The van der Waals surface area contributed by atoms with E-state index in [2.05, 4.69) is 6.92 Å². The number of para-hydroxylation sites is 1. The molecule has 2 heterocycles. The van der Waals surface area contributed by atoms with E-state index in [1.807, 2.05) is 82.0 Å². The monoisotopic (exact) mass is 407 g/mol. The highest BCUT2D eigenvalue weighted by Gasteiger charge is 2.24. The number of carbonyl (C=O) groups excluding carboxylic acids is 1. The zero-order valence-corrected chi connectivity index (χ0v) is 17.6. The van der Waals surface area contributed by atoms with E-state index >= 15 is 0 Å². The normalized spacial score (nSPS) is 17.0. The molecule has 1 aliphatic heterocycles. The molecule has 4 rings (SSSR count). The lowest BCUT2D eigenvalue weighted by molar-refractivity contribution is 0.0745. The molecule has 1 aromatic heterocycles. The van der Waals surface area contributed by atoms with Gasteiger partial charge < -0.3 is 9.64 Å². The maximum atomic E-state index is 13.2. The van der Waals surface area contributed by atoms with Gasteiger partial charge in [-0.15, -0.1) is 0 Å². The Morgan fingerprint density at radius 3 is 2.62 bits per heavy atom. The molecule has 6 heteroatoms. The SMILES string of the molecule is COc1ccc(-c2cc(C(=O)N3CCSCC(C)C3)nn2-c2ccccc2)cc1. The highest BCUT2D eigenvalue weighted by Crippen LogP contribution is 2.27. The van der Waals surface area contributed by atoms with E-state index in [-0.39, 0.29) is 5.91 Å². The molecule has 1 amide bonds. The van der Waals surface area contributed by atoms with Gasteiger partial charge in [0.15, 0.2) is 5.69 Å². The van der Waals surface area contributed by atoms with Crippen LogP contribution in [0.3, 0.4) is 0 Å². The number of nitrogens with zero attached hydrogens (tertiary/aromatic N) is 3. The van der Waals surface area contributed by atoms with Gasteiger partial charge in [0.1, 0.15) is 5.75 Å². The second-order valence-electron chi connectivity index (χ2n) is 7.32. The summed E-state index contributed by atoms with van der Waals surface area (Å²) >= 11 is 1.91. The molecule has 0 N–H and O–H groups in total. The molecule has 0 radical (unpaired) electrons. The van der Waals surface area contributed by atoms with Crippen LogP contribution in [0.15, 0.2) is 60.7 Å². The first-order valence-electron chi connectivity index (χ1n) is 9.82. The summed E-state index contributed by atoms with van der Waals surface area (Å²) < 4.78 is 7.13. The Morgan fingerprint density at radius 2 is 1.90 bits per heavy atom.